The van der Waals surface area contributed by atoms with Crippen LogP contribution in [0.4, 0.5) is 52.7 Å². The standard InChI is InChI=1S/C132H84F12N6/c1-75-18-17-22-81(56-75)83-33-49-124-110(61-83)106-27-14-16-29-120(106)149(124)125-54-39-89(103-46-41-95(129(133,134)135)69-117(103)131(139,140)141)67-111(125)107-71-97(43-30-91(107)73-145)147-119-28-15-13-26-105(119)109-62-84(34-48-121(109)147)94-58-76(2)57-93(60-94)82-32-45-102(80(6)59-82)88-38-53-128-116(66-88)115-65-87(101-25-12-9-21-79(101)5)37-52-127(115)150(128)126-55-40-90(104-47-42-96(130(136,137)138)70-118(104)132(142,143)144)68-112(126)108-72-98(44-31-92(108)74-146)148-122-50-35-85(99-23-10-7-19-77(99)3)63-113(122)114-64-86(36-51-123(114)148)100-24-11-8-20-78(100)4/h7-72H,1-6H3. The van der Waals surface area contributed by atoms with E-state index in [1.807, 2.05) is 188 Å². The molecule has 24 aromatic rings. The molecule has 726 valence electrons. The van der Waals surface area contributed by atoms with Crippen LogP contribution >= 0.6 is 0 Å². The summed E-state index contributed by atoms with van der Waals surface area (Å²) in [5.74, 6) is 0. The summed E-state index contributed by atoms with van der Waals surface area (Å²) in [4.78, 5) is 0. The molecule has 20 aromatic carbocycles. The number of aromatic nitrogens is 4. The highest BCUT2D eigenvalue weighted by Crippen LogP contribution is 2.52. The molecule has 0 atom stereocenters. The quantitative estimate of drug-likeness (QED) is 0.0960. The molecule has 0 saturated carbocycles. The number of fused-ring (bicyclic) bond motifs is 12. The fraction of sp³-hybridized carbons (Fsp3) is 0.0758. The van der Waals surface area contributed by atoms with Crippen molar-refractivity contribution in [3.63, 3.8) is 0 Å². The second-order valence-electron chi connectivity index (χ2n) is 38.9. The first-order valence-electron chi connectivity index (χ1n) is 48.9. The number of halogens is 12. The van der Waals surface area contributed by atoms with Gasteiger partial charge < -0.3 is 18.3 Å². The van der Waals surface area contributed by atoms with Crippen molar-refractivity contribution >= 4 is 87.2 Å². The SMILES string of the molecule is Cc1cccc(-c2ccc3c(c2)c2ccccc2n3-c2ccc(-c3ccc(C(F)(F)F)cc3C(F)(F)F)cc2-c2cc(-n3c4ccccc4c4cc(-c5cc(C)cc(-c6ccc(-c7ccc8c(c7)c7cc(-c9ccccc9C)ccc7n8-c7ccc(-c8ccc(C(F)(F)F)cc8C(F)(F)F)cc7-c7cc(-n8c9ccc(-c%10ccccc%10C)cc9c9cc(-c%10ccccc%10C)ccc98)ccc7C#N)c(C)c6)c5)ccc43)ccc2C#N)c1. The number of benzene rings is 20. The van der Waals surface area contributed by atoms with E-state index in [1.54, 1.807) is 36.4 Å². The maximum absolute atomic E-state index is 15.7. The third kappa shape index (κ3) is 16.3. The summed E-state index contributed by atoms with van der Waals surface area (Å²) in [5, 5.41) is 29.9. The van der Waals surface area contributed by atoms with Crippen molar-refractivity contribution in [2.75, 3.05) is 0 Å². The lowest BCUT2D eigenvalue weighted by Gasteiger charge is -2.20. The van der Waals surface area contributed by atoms with Crippen LogP contribution in [-0.4, -0.2) is 18.3 Å². The first-order valence-corrected chi connectivity index (χ1v) is 48.9. The van der Waals surface area contributed by atoms with E-state index in [-0.39, 0.29) is 34.4 Å². The minimum Gasteiger partial charge on any atom is -0.309 e. The minimum atomic E-state index is -5.24. The highest BCUT2D eigenvalue weighted by atomic mass is 19.4. The zero-order chi connectivity index (χ0) is 104. The second-order valence-corrected chi connectivity index (χ2v) is 38.9. The van der Waals surface area contributed by atoms with Gasteiger partial charge >= 0.3 is 24.7 Å². The number of aryl methyl sites for hydroxylation is 6. The molecule has 0 aliphatic heterocycles. The molecule has 0 unspecified atom stereocenters. The van der Waals surface area contributed by atoms with Gasteiger partial charge in [-0.3, -0.25) is 0 Å². The molecule has 0 amide bonds. The zero-order valence-corrected chi connectivity index (χ0v) is 81.3. The van der Waals surface area contributed by atoms with Crippen molar-refractivity contribution in [2.45, 2.75) is 66.2 Å². The summed E-state index contributed by atoms with van der Waals surface area (Å²) < 4.78 is 188. The molecule has 18 heteroatoms. The van der Waals surface area contributed by atoms with Crippen LogP contribution in [0.5, 0.6) is 0 Å². The van der Waals surface area contributed by atoms with E-state index in [4.69, 9.17) is 0 Å². The van der Waals surface area contributed by atoms with Crippen molar-refractivity contribution in [1.29, 1.82) is 10.5 Å². The van der Waals surface area contributed by atoms with Gasteiger partial charge in [-0.1, -0.05) is 230 Å². The van der Waals surface area contributed by atoms with E-state index in [1.165, 1.54) is 12.1 Å². The number of nitriles is 2. The van der Waals surface area contributed by atoms with E-state index < -0.39 is 58.1 Å². The number of rotatable bonds is 15. The number of nitrogens with zero attached hydrogens (tertiary/aromatic N) is 6. The Morgan fingerprint density at radius 3 is 0.880 bits per heavy atom. The molecule has 0 aliphatic rings. The number of hydrogen-bond acceptors (Lipinski definition) is 2. The van der Waals surface area contributed by atoms with Gasteiger partial charge in [0.05, 0.1) is 101 Å². The molecule has 0 spiro atoms. The topological polar surface area (TPSA) is 67.3 Å². The Kier molecular flexibility index (Phi) is 22.5. The van der Waals surface area contributed by atoms with Crippen molar-refractivity contribution in [1.82, 2.24) is 18.3 Å². The van der Waals surface area contributed by atoms with Crippen LogP contribution in [-0.2, 0) is 24.7 Å². The van der Waals surface area contributed by atoms with E-state index in [9.17, 15) is 36.9 Å². The Balaban J connectivity index is 0.625. The number of alkyl halides is 12. The van der Waals surface area contributed by atoms with E-state index >= 15 is 26.3 Å². The number of para-hydroxylation sites is 2. The molecule has 0 radical (unpaired) electrons. The summed E-state index contributed by atoms with van der Waals surface area (Å²) in [6, 6.07) is 127. The molecule has 0 aliphatic carbocycles. The Hall–Kier alpha value is -18.3. The van der Waals surface area contributed by atoms with Crippen LogP contribution < -0.4 is 0 Å². The van der Waals surface area contributed by atoms with Gasteiger partial charge in [-0.15, -0.1) is 0 Å². The Morgan fingerprint density at radius 1 is 0.187 bits per heavy atom. The predicted molar refractivity (Wildman–Crippen MR) is 581 cm³/mol. The van der Waals surface area contributed by atoms with Gasteiger partial charge in [0.1, 0.15) is 0 Å². The van der Waals surface area contributed by atoms with Crippen LogP contribution in [0.25, 0.3) is 232 Å². The summed E-state index contributed by atoms with van der Waals surface area (Å²) in [6.07, 6.45) is -20.6. The molecule has 4 heterocycles. The Labute approximate surface area is 854 Å². The zero-order valence-electron chi connectivity index (χ0n) is 81.3. The second kappa shape index (κ2) is 35.9. The maximum Gasteiger partial charge on any atom is 0.417 e. The van der Waals surface area contributed by atoms with E-state index in [0.29, 0.717) is 68.2 Å². The molecule has 6 nitrogen and oxygen atoms in total. The summed E-state index contributed by atoms with van der Waals surface area (Å²) in [5.41, 5.74) is 22.7. The fourth-order valence-electron chi connectivity index (χ4n) is 22.5. The molecule has 0 saturated heterocycles. The summed E-state index contributed by atoms with van der Waals surface area (Å²) in [6.45, 7) is 12.3. The molecular weight excluding hydrogens is 1900 g/mol. The Morgan fingerprint density at radius 2 is 0.493 bits per heavy atom. The molecule has 0 fully saturated rings. The van der Waals surface area contributed by atoms with Crippen molar-refractivity contribution in [3.8, 4) is 157 Å². The molecule has 4 aromatic heterocycles. The van der Waals surface area contributed by atoms with Gasteiger partial charge in [0.25, 0.3) is 0 Å². The van der Waals surface area contributed by atoms with Crippen LogP contribution in [0.1, 0.15) is 66.8 Å². The van der Waals surface area contributed by atoms with Crippen molar-refractivity contribution in [3.05, 3.63) is 467 Å². The predicted octanol–water partition coefficient (Wildman–Crippen LogP) is 38.1. The van der Waals surface area contributed by atoms with Gasteiger partial charge in [-0.25, -0.2) is 0 Å². The maximum atomic E-state index is 15.7. The first-order chi connectivity index (χ1) is 72.2. The summed E-state index contributed by atoms with van der Waals surface area (Å²) in [7, 11) is 0. The Bertz CT molecular complexity index is 9800. The fourth-order valence-corrected chi connectivity index (χ4v) is 22.5. The van der Waals surface area contributed by atoms with Crippen LogP contribution in [0.2, 0.25) is 0 Å². The van der Waals surface area contributed by atoms with E-state index in [0.717, 1.165) is 200 Å². The van der Waals surface area contributed by atoms with Crippen molar-refractivity contribution < 1.29 is 52.7 Å². The normalized spacial score (nSPS) is 12.2. The lowest BCUT2D eigenvalue weighted by atomic mass is 9.91. The van der Waals surface area contributed by atoms with Gasteiger partial charge in [0, 0.05) is 76.7 Å². The average Bonchev–Trinajstić information content (AvgIpc) is 1.47. The van der Waals surface area contributed by atoms with Gasteiger partial charge in [0.2, 0.25) is 0 Å². The van der Waals surface area contributed by atoms with Gasteiger partial charge in [-0.05, 0) is 345 Å². The smallest absolute Gasteiger partial charge is 0.309 e. The summed E-state index contributed by atoms with van der Waals surface area (Å²) >= 11 is 0. The largest absolute Gasteiger partial charge is 0.417 e. The third-order valence-corrected chi connectivity index (χ3v) is 29.6. The lowest BCUT2D eigenvalue weighted by Crippen LogP contribution is -2.12. The average molecular weight is 1980 g/mol. The third-order valence-electron chi connectivity index (χ3n) is 29.6. The molecule has 0 bridgehead atoms. The molecule has 150 heavy (non-hydrogen) atoms. The van der Waals surface area contributed by atoms with Crippen LogP contribution in [0.3, 0.4) is 0 Å². The molecule has 24 rings (SSSR count). The van der Waals surface area contributed by atoms with Crippen LogP contribution in [0.15, 0.2) is 400 Å². The van der Waals surface area contributed by atoms with Crippen molar-refractivity contribution in [2.24, 2.45) is 0 Å². The first kappa shape index (κ1) is 94.0. The highest BCUT2D eigenvalue weighted by Gasteiger charge is 2.41. The minimum absolute atomic E-state index is 0.0319. The highest BCUT2D eigenvalue weighted by molar-refractivity contribution is 6.16. The lowest BCUT2D eigenvalue weighted by molar-refractivity contribution is -0.144. The number of hydrogen-bond donors (Lipinski definition) is 0. The van der Waals surface area contributed by atoms with Crippen LogP contribution in [0, 0.1) is 64.2 Å². The molecule has 0 N–H and O–H groups in total. The molecular formula is C132H84F12N6. The van der Waals surface area contributed by atoms with Gasteiger partial charge in [0.15, 0.2) is 0 Å². The monoisotopic (exact) mass is 1980 g/mol. The van der Waals surface area contributed by atoms with Gasteiger partial charge in [-0.2, -0.15) is 63.2 Å². The van der Waals surface area contributed by atoms with E-state index in [2.05, 4.69) is 199 Å².